The Kier molecular flexibility index (Phi) is 3.70. The number of pyridine rings is 1. The van der Waals surface area contributed by atoms with Crippen LogP contribution in [0.4, 0.5) is 0 Å². The van der Waals surface area contributed by atoms with E-state index < -0.39 is 0 Å². The molecule has 0 saturated heterocycles. The Morgan fingerprint density at radius 3 is 2.81 bits per heavy atom. The summed E-state index contributed by atoms with van der Waals surface area (Å²) in [5.41, 5.74) is 2.22. The normalized spacial score (nSPS) is 12.5. The van der Waals surface area contributed by atoms with Crippen molar-refractivity contribution in [1.29, 1.82) is 0 Å². The first-order valence-electron chi connectivity index (χ1n) is 6.49. The van der Waals surface area contributed by atoms with Crippen molar-refractivity contribution in [3.8, 4) is 5.88 Å². The quantitative estimate of drug-likeness (QED) is 0.693. The molecule has 0 amide bonds. The number of hydrogen-bond donors (Lipinski definition) is 0. The van der Waals surface area contributed by atoms with Gasteiger partial charge in [0, 0.05) is 6.20 Å². The minimum absolute atomic E-state index is 0.0374. The van der Waals surface area contributed by atoms with E-state index in [1.807, 2.05) is 29.7 Å². The Bertz CT molecular complexity index is 759. The fourth-order valence-corrected chi connectivity index (χ4v) is 2.53. The molecule has 0 aliphatic heterocycles. The second-order valence-corrected chi connectivity index (χ2v) is 4.78. The Hall–Kier alpha value is -2.21. The summed E-state index contributed by atoms with van der Waals surface area (Å²) < 4.78 is 7.21. The molecule has 0 bridgehead atoms. The number of aromatic nitrogens is 5. The van der Waals surface area contributed by atoms with E-state index in [4.69, 9.17) is 16.3 Å². The number of nitrogens with zero attached hydrogens (tertiary/aromatic N) is 5. The van der Waals surface area contributed by atoms with Crippen LogP contribution in [0.2, 0.25) is 0 Å². The van der Waals surface area contributed by atoms with Crippen molar-refractivity contribution in [3.63, 3.8) is 0 Å². The molecule has 0 saturated carbocycles. The molecular weight excluding hydrogens is 290 g/mol. The molecule has 3 aromatic heterocycles. The van der Waals surface area contributed by atoms with E-state index in [9.17, 15) is 0 Å². The number of rotatable bonds is 4. The predicted molar refractivity (Wildman–Crippen MR) is 79.5 cm³/mol. The molecule has 0 aliphatic rings. The predicted octanol–water partition coefficient (Wildman–Crippen LogP) is 2.58. The van der Waals surface area contributed by atoms with Gasteiger partial charge in [-0.05, 0) is 19.1 Å². The highest BCUT2D eigenvalue weighted by Crippen LogP contribution is 2.28. The van der Waals surface area contributed by atoms with Crippen LogP contribution in [0.5, 0.6) is 5.88 Å². The first kappa shape index (κ1) is 13.8. The second-order valence-electron chi connectivity index (χ2n) is 4.52. The molecule has 6 nitrogen and oxygen atoms in total. The summed E-state index contributed by atoms with van der Waals surface area (Å²) in [4.78, 5) is 17.3. The van der Waals surface area contributed by atoms with Gasteiger partial charge in [0.15, 0.2) is 11.2 Å². The van der Waals surface area contributed by atoms with Gasteiger partial charge >= 0.3 is 0 Å². The zero-order chi connectivity index (χ0) is 14.8. The molecule has 108 valence electrons. The first-order chi connectivity index (χ1) is 10.3. The third-order valence-corrected chi connectivity index (χ3v) is 3.57. The summed E-state index contributed by atoms with van der Waals surface area (Å²) in [7, 11) is 1.56. The van der Waals surface area contributed by atoms with Crippen molar-refractivity contribution < 1.29 is 4.74 Å². The smallest absolute Gasteiger partial charge is 0.245 e. The summed E-state index contributed by atoms with van der Waals surface area (Å²) >= 11 is 6.04. The van der Waals surface area contributed by atoms with Crippen LogP contribution in [0.25, 0.3) is 11.2 Å². The minimum atomic E-state index is -0.0374. The largest absolute Gasteiger partial charge is 0.479 e. The van der Waals surface area contributed by atoms with Crippen molar-refractivity contribution in [2.45, 2.75) is 18.8 Å². The van der Waals surface area contributed by atoms with Gasteiger partial charge in [-0.2, -0.15) is 4.98 Å². The third kappa shape index (κ3) is 2.31. The third-order valence-electron chi connectivity index (χ3n) is 3.33. The molecule has 1 unspecified atom stereocenters. The molecule has 0 N–H and O–H groups in total. The number of ether oxygens (including phenoxy) is 1. The number of halogens is 1. The maximum Gasteiger partial charge on any atom is 0.245 e. The fourth-order valence-electron chi connectivity index (χ4n) is 2.34. The van der Waals surface area contributed by atoms with E-state index in [2.05, 4.69) is 19.9 Å². The van der Waals surface area contributed by atoms with Crippen LogP contribution in [0.1, 0.15) is 24.5 Å². The van der Waals surface area contributed by atoms with E-state index in [-0.39, 0.29) is 11.9 Å². The van der Waals surface area contributed by atoms with Crippen molar-refractivity contribution in [3.05, 3.63) is 42.2 Å². The van der Waals surface area contributed by atoms with E-state index >= 15 is 0 Å². The number of fused-ring (bicyclic) bond motifs is 1. The van der Waals surface area contributed by atoms with Gasteiger partial charge in [0.05, 0.1) is 24.7 Å². The number of alkyl halides is 1. The Morgan fingerprint density at radius 1 is 1.29 bits per heavy atom. The fraction of sp³-hybridized carbons (Fsp3) is 0.286. The maximum atomic E-state index is 6.04. The standard InChI is InChI=1S/C14H14ClN5O/c1-9(10-5-3-4-6-16-10)20-11(7-15)19-12-13(20)17-8-18-14(12)21-2/h3-6,8-9H,7H2,1-2H3. The molecule has 0 aromatic carbocycles. The second kappa shape index (κ2) is 5.65. The first-order valence-corrected chi connectivity index (χ1v) is 7.02. The van der Waals surface area contributed by atoms with Gasteiger partial charge in [-0.1, -0.05) is 6.07 Å². The number of imidazole rings is 1. The van der Waals surface area contributed by atoms with Gasteiger partial charge in [0.1, 0.15) is 12.2 Å². The summed E-state index contributed by atoms with van der Waals surface area (Å²) in [6, 6.07) is 5.76. The number of methoxy groups -OCH3 is 1. The SMILES string of the molecule is COc1ncnc2c1nc(CCl)n2C(C)c1ccccn1. The molecule has 3 heterocycles. The van der Waals surface area contributed by atoms with Crippen molar-refractivity contribution in [2.24, 2.45) is 0 Å². The van der Waals surface area contributed by atoms with Crippen molar-refractivity contribution in [1.82, 2.24) is 24.5 Å². The highest BCUT2D eigenvalue weighted by Gasteiger charge is 2.21. The zero-order valence-electron chi connectivity index (χ0n) is 11.7. The summed E-state index contributed by atoms with van der Waals surface area (Å²) in [6.07, 6.45) is 3.23. The van der Waals surface area contributed by atoms with E-state index in [1.54, 1.807) is 13.3 Å². The van der Waals surface area contributed by atoms with Crippen LogP contribution in [-0.2, 0) is 5.88 Å². The van der Waals surface area contributed by atoms with Gasteiger partial charge < -0.3 is 9.30 Å². The van der Waals surface area contributed by atoms with Crippen LogP contribution >= 0.6 is 11.6 Å². The van der Waals surface area contributed by atoms with Crippen molar-refractivity contribution >= 4 is 22.8 Å². The van der Waals surface area contributed by atoms with E-state index in [0.717, 1.165) is 5.69 Å². The molecular formula is C14H14ClN5O. The Labute approximate surface area is 126 Å². The molecule has 0 spiro atoms. The lowest BCUT2D eigenvalue weighted by atomic mass is 10.2. The lowest BCUT2D eigenvalue weighted by Gasteiger charge is -2.15. The Balaban J connectivity index is 2.21. The van der Waals surface area contributed by atoms with Crippen LogP contribution < -0.4 is 4.74 Å². The maximum absolute atomic E-state index is 6.04. The van der Waals surface area contributed by atoms with E-state index in [0.29, 0.717) is 22.9 Å². The van der Waals surface area contributed by atoms with Crippen LogP contribution in [0, 0.1) is 0 Å². The molecule has 1 atom stereocenters. The highest BCUT2D eigenvalue weighted by atomic mass is 35.5. The van der Waals surface area contributed by atoms with Gasteiger partial charge in [-0.25, -0.2) is 9.97 Å². The molecule has 0 fully saturated rings. The summed E-state index contributed by atoms with van der Waals surface area (Å²) in [6.45, 7) is 2.04. The minimum Gasteiger partial charge on any atom is -0.479 e. The molecule has 7 heteroatoms. The average molecular weight is 304 g/mol. The summed E-state index contributed by atoms with van der Waals surface area (Å²) in [5.74, 6) is 1.43. The lowest BCUT2D eigenvalue weighted by molar-refractivity contribution is 0.401. The summed E-state index contributed by atoms with van der Waals surface area (Å²) in [5, 5.41) is 0. The molecule has 21 heavy (non-hydrogen) atoms. The van der Waals surface area contributed by atoms with Crippen LogP contribution in [-0.4, -0.2) is 31.6 Å². The number of hydrogen-bond acceptors (Lipinski definition) is 5. The Morgan fingerprint density at radius 2 is 2.14 bits per heavy atom. The lowest BCUT2D eigenvalue weighted by Crippen LogP contribution is -2.11. The topological polar surface area (TPSA) is 65.7 Å². The molecule has 3 rings (SSSR count). The van der Waals surface area contributed by atoms with E-state index in [1.165, 1.54) is 6.33 Å². The van der Waals surface area contributed by atoms with Crippen LogP contribution in [0.15, 0.2) is 30.7 Å². The zero-order valence-corrected chi connectivity index (χ0v) is 12.4. The molecule has 3 aromatic rings. The van der Waals surface area contributed by atoms with Gasteiger partial charge in [0.2, 0.25) is 5.88 Å². The van der Waals surface area contributed by atoms with Gasteiger partial charge in [0.25, 0.3) is 0 Å². The van der Waals surface area contributed by atoms with Gasteiger partial charge in [-0.15, -0.1) is 11.6 Å². The highest BCUT2D eigenvalue weighted by molar-refractivity contribution is 6.16. The monoisotopic (exact) mass is 303 g/mol. The molecule has 0 radical (unpaired) electrons. The van der Waals surface area contributed by atoms with Gasteiger partial charge in [-0.3, -0.25) is 4.98 Å². The molecule has 0 aliphatic carbocycles. The van der Waals surface area contributed by atoms with Crippen LogP contribution in [0.3, 0.4) is 0 Å². The van der Waals surface area contributed by atoms with Crippen molar-refractivity contribution in [2.75, 3.05) is 7.11 Å². The average Bonchev–Trinajstić information content (AvgIpc) is 2.93.